The molecule has 1 heterocycles. The maximum atomic E-state index is 12.3. The standard InChI is InChI=1S/C7H5Br2F2NO/c1-13-7-4(8)2-3(6(10)11)5(9)12-7/h2,6H,1H3. The van der Waals surface area contributed by atoms with E-state index in [9.17, 15) is 8.78 Å². The summed E-state index contributed by atoms with van der Waals surface area (Å²) in [5.74, 6) is 0.274. The second-order valence-corrected chi connectivity index (χ2v) is 3.77. The van der Waals surface area contributed by atoms with Crippen LogP contribution in [0.5, 0.6) is 5.88 Å². The average molecular weight is 317 g/mol. The van der Waals surface area contributed by atoms with Gasteiger partial charge in [-0.15, -0.1) is 0 Å². The highest BCUT2D eigenvalue weighted by molar-refractivity contribution is 9.11. The lowest BCUT2D eigenvalue weighted by Gasteiger charge is -2.06. The first kappa shape index (κ1) is 10.8. The van der Waals surface area contributed by atoms with Crippen molar-refractivity contribution in [1.29, 1.82) is 0 Å². The fourth-order valence-electron chi connectivity index (χ4n) is 0.761. The molecule has 0 N–H and O–H groups in total. The highest BCUT2D eigenvalue weighted by atomic mass is 79.9. The van der Waals surface area contributed by atoms with Crippen molar-refractivity contribution in [3.8, 4) is 5.88 Å². The van der Waals surface area contributed by atoms with Gasteiger partial charge >= 0.3 is 0 Å². The first-order chi connectivity index (χ1) is 6.06. The van der Waals surface area contributed by atoms with Crippen molar-refractivity contribution in [2.45, 2.75) is 6.43 Å². The van der Waals surface area contributed by atoms with Gasteiger partial charge in [0.1, 0.15) is 4.60 Å². The van der Waals surface area contributed by atoms with Gasteiger partial charge in [-0.05, 0) is 37.9 Å². The Balaban J connectivity index is 3.20. The lowest BCUT2D eigenvalue weighted by atomic mass is 10.3. The number of hydrogen-bond donors (Lipinski definition) is 0. The van der Waals surface area contributed by atoms with Gasteiger partial charge in [0, 0.05) is 0 Å². The summed E-state index contributed by atoms with van der Waals surface area (Å²) in [7, 11) is 1.42. The zero-order chi connectivity index (χ0) is 10.0. The number of methoxy groups -OCH3 is 1. The summed E-state index contributed by atoms with van der Waals surface area (Å²) in [6, 6.07) is 1.28. The molecule has 0 spiro atoms. The van der Waals surface area contributed by atoms with Crippen molar-refractivity contribution >= 4 is 31.9 Å². The number of rotatable bonds is 2. The molecule has 0 aliphatic rings. The number of alkyl halides is 2. The van der Waals surface area contributed by atoms with Gasteiger partial charge in [-0.3, -0.25) is 0 Å². The fraction of sp³-hybridized carbons (Fsp3) is 0.286. The lowest BCUT2D eigenvalue weighted by Crippen LogP contribution is -1.94. The summed E-state index contributed by atoms with van der Waals surface area (Å²) < 4.78 is 30.0. The molecule has 0 radical (unpaired) electrons. The number of hydrogen-bond acceptors (Lipinski definition) is 2. The highest BCUT2D eigenvalue weighted by Gasteiger charge is 2.16. The third-order valence-corrected chi connectivity index (χ3v) is 2.56. The lowest BCUT2D eigenvalue weighted by molar-refractivity contribution is 0.149. The molecule has 0 atom stereocenters. The molecule has 0 amide bonds. The average Bonchev–Trinajstić information content (AvgIpc) is 2.07. The highest BCUT2D eigenvalue weighted by Crippen LogP contribution is 2.32. The fourth-order valence-corrected chi connectivity index (χ4v) is 1.71. The Labute approximate surface area is 90.6 Å². The maximum absolute atomic E-state index is 12.3. The predicted octanol–water partition coefficient (Wildman–Crippen LogP) is 3.55. The Morgan fingerprint density at radius 1 is 1.46 bits per heavy atom. The van der Waals surface area contributed by atoms with Crippen molar-refractivity contribution < 1.29 is 13.5 Å². The number of pyridine rings is 1. The van der Waals surface area contributed by atoms with Gasteiger partial charge in [0.2, 0.25) is 5.88 Å². The minimum atomic E-state index is -2.55. The van der Waals surface area contributed by atoms with E-state index in [1.54, 1.807) is 0 Å². The normalized spacial score (nSPS) is 10.6. The first-order valence-electron chi connectivity index (χ1n) is 3.24. The van der Waals surface area contributed by atoms with Crippen LogP contribution in [0.25, 0.3) is 0 Å². The van der Waals surface area contributed by atoms with E-state index >= 15 is 0 Å². The molecule has 0 saturated carbocycles. The molecule has 1 rings (SSSR count). The van der Waals surface area contributed by atoms with Crippen LogP contribution in [0.3, 0.4) is 0 Å². The van der Waals surface area contributed by atoms with Gasteiger partial charge in [-0.1, -0.05) is 0 Å². The second-order valence-electron chi connectivity index (χ2n) is 2.16. The minimum Gasteiger partial charge on any atom is -0.480 e. The molecule has 0 fully saturated rings. The van der Waals surface area contributed by atoms with E-state index in [-0.39, 0.29) is 16.0 Å². The van der Waals surface area contributed by atoms with Gasteiger partial charge < -0.3 is 4.74 Å². The third kappa shape index (κ3) is 2.37. The zero-order valence-corrected chi connectivity index (χ0v) is 9.69. The van der Waals surface area contributed by atoms with Crippen LogP contribution >= 0.6 is 31.9 Å². The molecule has 0 aromatic carbocycles. The largest absolute Gasteiger partial charge is 0.480 e. The Bertz CT molecular complexity index is 320. The van der Waals surface area contributed by atoms with E-state index in [0.717, 1.165) is 0 Å². The molecule has 1 aromatic rings. The van der Waals surface area contributed by atoms with Gasteiger partial charge in [0.05, 0.1) is 17.1 Å². The SMILES string of the molecule is COc1nc(Br)c(C(F)F)cc1Br. The Morgan fingerprint density at radius 2 is 2.08 bits per heavy atom. The van der Waals surface area contributed by atoms with Crippen molar-refractivity contribution in [2.24, 2.45) is 0 Å². The van der Waals surface area contributed by atoms with E-state index in [2.05, 4.69) is 36.8 Å². The van der Waals surface area contributed by atoms with Crippen LogP contribution in [-0.4, -0.2) is 12.1 Å². The second kappa shape index (κ2) is 4.32. The Hall–Kier alpha value is -0.230. The van der Waals surface area contributed by atoms with Crippen LogP contribution in [0.1, 0.15) is 12.0 Å². The van der Waals surface area contributed by atoms with E-state index < -0.39 is 6.43 Å². The summed E-state index contributed by atoms with van der Waals surface area (Å²) >= 11 is 6.00. The van der Waals surface area contributed by atoms with Crippen LogP contribution in [0.4, 0.5) is 8.78 Å². The molecular formula is C7H5Br2F2NO. The van der Waals surface area contributed by atoms with E-state index in [0.29, 0.717) is 4.47 Å². The molecule has 72 valence electrons. The minimum absolute atomic E-state index is 0.0996. The smallest absolute Gasteiger partial charge is 0.266 e. The zero-order valence-electron chi connectivity index (χ0n) is 6.52. The van der Waals surface area contributed by atoms with Gasteiger partial charge in [0.15, 0.2) is 0 Å². The van der Waals surface area contributed by atoms with Gasteiger partial charge in [-0.25, -0.2) is 13.8 Å². The molecule has 0 bridgehead atoms. The third-order valence-electron chi connectivity index (χ3n) is 1.35. The maximum Gasteiger partial charge on any atom is 0.266 e. The number of nitrogens with zero attached hydrogens (tertiary/aromatic N) is 1. The summed E-state index contributed by atoms with van der Waals surface area (Å²) in [6.07, 6.45) is -2.55. The molecule has 2 nitrogen and oxygen atoms in total. The predicted molar refractivity (Wildman–Crippen MR) is 51.1 cm³/mol. The number of ether oxygens (including phenoxy) is 1. The molecule has 13 heavy (non-hydrogen) atoms. The molecule has 0 unspecified atom stereocenters. The van der Waals surface area contributed by atoms with Gasteiger partial charge in [0.25, 0.3) is 6.43 Å². The van der Waals surface area contributed by atoms with Crippen molar-refractivity contribution in [3.05, 3.63) is 20.7 Å². The van der Waals surface area contributed by atoms with E-state index in [1.807, 2.05) is 0 Å². The molecule has 6 heteroatoms. The van der Waals surface area contributed by atoms with Crippen molar-refractivity contribution in [2.75, 3.05) is 7.11 Å². The van der Waals surface area contributed by atoms with Crippen LogP contribution < -0.4 is 4.74 Å². The summed E-state index contributed by atoms with van der Waals surface area (Å²) in [6.45, 7) is 0. The molecule has 0 saturated heterocycles. The Kier molecular flexibility index (Phi) is 3.61. The monoisotopic (exact) mass is 315 g/mol. The summed E-state index contributed by atoms with van der Waals surface area (Å²) in [5, 5.41) is 0. The molecule has 0 aliphatic heterocycles. The van der Waals surface area contributed by atoms with Gasteiger partial charge in [-0.2, -0.15) is 0 Å². The summed E-state index contributed by atoms with van der Waals surface area (Å²) in [5.41, 5.74) is -0.160. The van der Waals surface area contributed by atoms with Crippen LogP contribution in [0, 0.1) is 0 Å². The summed E-state index contributed by atoms with van der Waals surface area (Å²) in [4.78, 5) is 3.78. The first-order valence-corrected chi connectivity index (χ1v) is 4.83. The molecule has 1 aromatic heterocycles. The van der Waals surface area contributed by atoms with E-state index in [4.69, 9.17) is 4.74 Å². The van der Waals surface area contributed by atoms with Crippen molar-refractivity contribution in [1.82, 2.24) is 4.98 Å². The van der Waals surface area contributed by atoms with Crippen LogP contribution in [-0.2, 0) is 0 Å². The van der Waals surface area contributed by atoms with Crippen LogP contribution in [0.2, 0.25) is 0 Å². The van der Waals surface area contributed by atoms with Crippen LogP contribution in [0.15, 0.2) is 15.1 Å². The van der Waals surface area contributed by atoms with Crippen molar-refractivity contribution in [3.63, 3.8) is 0 Å². The number of halogens is 4. The number of aromatic nitrogens is 1. The topological polar surface area (TPSA) is 22.1 Å². The Morgan fingerprint density at radius 3 is 2.54 bits per heavy atom. The van der Waals surface area contributed by atoms with E-state index in [1.165, 1.54) is 13.2 Å². The molecule has 0 aliphatic carbocycles. The molecular weight excluding hydrogens is 312 g/mol. The quantitative estimate of drug-likeness (QED) is 0.778.